The standard InChI is InChI=1S/C19H13Cl2F3N4O3.C10H9ClN4O3.C9H5Cl2F3/c1-28-16-13(17(29)30-2)4-3-12(15(16)25-27-28)14-8-18(31-26-14,19(22,23)24)9-5-10(20)7-11(21)6-9;1-15-8-6(10(16)18-2)4-3-5(9(11)13-17)7(8)12-14-15;1-5(9(12,13)14)6-2-7(10)4-8(11)3-6/h3-7H,8H2,1-2H3;3-4,17H,1-2H3;2-4H,1H2/b;13-9-;. The molecule has 1 atom stereocenters. The molecular formula is C38H27Cl5F6N8O6. The summed E-state index contributed by atoms with van der Waals surface area (Å²) in [5.41, 5.74) is -1.74. The normalized spacial score (nSPS) is 15.2. The van der Waals surface area contributed by atoms with Crippen molar-refractivity contribution in [3.63, 3.8) is 0 Å². The molecule has 1 aliphatic rings. The first-order chi connectivity index (χ1) is 29.5. The number of hydrogen-bond donors (Lipinski definition) is 1. The predicted octanol–water partition coefficient (Wildman–Crippen LogP) is 10.3. The van der Waals surface area contributed by atoms with E-state index in [1.54, 1.807) is 14.1 Å². The number of fused-ring (bicyclic) bond motifs is 2. The Balaban J connectivity index is 0.000000198. The van der Waals surface area contributed by atoms with Crippen molar-refractivity contribution >= 4 is 108 Å². The summed E-state index contributed by atoms with van der Waals surface area (Å²) in [5.74, 6) is -1.14. The number of aryl methyl sites for hydroxylation is 2. The van der Waals surface area contributed by atoms with Crippen LogP contribution in [-0.4, -0.2) is 84.6 Å². The first kappa shape index (κ1) is 48.4. The first-order valence-corrected chi connectivity index (χ1v) is 19.1. The average molecular weight is 983 g/mol. The number of carbonyl (C=O) groups is 2. The number of benzene rings is 4. The summed E-state index contributed by atoms with van der Waals surface area (Å²) < 4.78 is 91.5. The molecule has 0 aliphatic carbocycles. The number of hydrogen-bond acceptors (Lipinski definition) is 12. The van der Waals surface area contributed by atoms with E-state index in [1.807, 2.05) is 0 Å². The Morgan fingerprint density at radius 3 is 1.71 bits per heavy atom. The molecule has 0 bridgehead atoms. The van der Waals surface area contributed by atoms with Gasteiger partial charge in [-0.15, -0.1) is 10.2 Å². The lowest BCUT2D eigenvalue weighted by Gasteiger charge is -2.29. The van der Waals surface area contributed by atoms with Crippen LogP contribution in [0.5, 0.6) is 0 Å². The molecule has 0 radical (unpaired) electrons. The first-order valence-electron chi connectivity index (χ1n) is 17.2. The monoisotopic (exact) mass is 980 g/mol. The van der Waals surface area contributed by atoms with Gasteiger partial charge in [-0.2, -0.15) is 26.3 Å². The fraction of sp³-hybridized carbons (Fsp3) is 0.211. The van der Waals surface area contributed by atoms with E-state index in [0.717, 1.165) is 12.1 Å². The molecule has 4 aromatic carbocycles. The quantitative estimate of drug-likeness (QED) is 0.0557. The molecular weight excluding hydrogens is 956 g/mol. The van der Waals surface area contributed by atoms with Crippen molar-refractivity contribution in [2.45, 2.75) is 24.4 Å². The molecule has 2 aromatic heterocycles. The van der Waals surface area contributed by atoms with Gasteiger partial charge in [0.2, 0.25) is 0 Å². The molecule has 25 heteroatoms. The van der Waals surface area contributed by atoms with E-state index in [0.29, 0.717) is 27.7 Å². The van der Waals surface area contributed by atoms with E-state index in [2.05, 4.69) is 42.3 Å². The van der Waals surface area contributed by atoms with Crippen molar-refractivity contribution in [1.82, 2.24) is 30.0 Å². The third-order valence-electron chi connectivity index (χ3n) is 9.01. The zero-order chi connectivity index (χ0) is 46.8. The molecule has 1 aliphatic heterocycles. The van der Waals surface area contributed by atoms with Crippen molar-refractivity contribution in [2.75, 3.05) is 14.2 Å². The van der Waals surface area contributed by atoms with Crippen molar-refractivity contribution in [3.8, 4) is 0 Å². The van der Waals surface area contributed by atoms with Gasteiger partial charge in [-0.3, -0.25) is 0 Å². The number of nitrogens with zero attached hydrogens (tertiary/aromatic N) is 8. The fourth-order valence-corrected chi connectivity index (χ4v) is 7.26. The van der Waals surface area contributed by atoms with Crippen molar-refractivity contribution < 1.29 is 55.5 Å². The maximum atomic E-state index is 14.2. The van der Waals surface area contributed by atoms with Crippen LogP contribution < -0.4 is 0 Å². The Morgan fingerprint density at radius 1 is 0.778 bits per heavy atom. The summed E-state index contributed by atoms with van der Waals surface area (Å²) in [4.78, 5) is 28.7. The third kappa shape index (κ3) is 10.1. The summed E-state index contributed by atoms with van der Waals surface area (Å²) in [7, 11) is 5.69. The van der Waals surface area contributed by atoms with Gasteiger partial charge in [-0.25, -0.2) is 19.0 Å². The van der Waals surface area contributed by atoms with Crippen molar-refractivity contribution in [1.29, 1.82) is 0 Å². The van der Waals surface area contributed by atoms with Crippen molar-refractivity contribution in [3.05, 3.63) is 121 Å². The Hall–Kier alpha value is -5.67. The van der Waals surface area contributed by atoms with Crippen LogP contribution in [0.4, 0.5) is 26.3 Å². The highest BCUT2D eigenvalue weighted by molar-refractivity contribution is 6.70. The third-order valence-corrected chi connectivity index (χ3v) is 10.2. The van der Waals surface area contributed by atoms with Crippen LogP contribution in [0.1, 0.15) is 49.4 Å². The number of ether oxygens (including phenoxy) is 2. The van der Waals surface area contributed by atoms with E-state index in [9.17, 15) is 35.9 Å². The van der Waals surface area contributed by atoms with Crippen molar-refractivity contribution in [2.24, 2.45) is 24.4 Å². The van der Waals surface area contributed by atoms with Gasteiger partial charge in [0.1, 0.15) is 22.1 Å². The molecule has 0 spiro atoms. The number of aromatic nitrogens is 6. The highest BCUT2D eigenvalue weighted by atomic mass is 35.5. The van der Waals surface area contributed by atoms with E-state index in [4.69, 9.17) is 72.8 Å². The molecule has 1 unspecified atom stereocenters. The number of allylic oxidation sites excluding steroid dienone is 1. The molecule has 0 fully saturated rings. The van der Waals surface area contributed by atoms with E-state index < -0.39 is 41.9 Å². The minimum Gasteiger partial charge on any atom is -0.465 e. The highest BCUT2D eigenvalue weighted by Gasteiger charge is 2.62. The average Bonchev–Trinajstić information content (AvgIpc) is 3.96. The highest BCUT2D eigenvalue weighted by Crippen LogP contribution is 2.50. The second-order valence-electron chi connectivity index (χ2n) is 12.9. The lowest BCUT2D eigenvalue weighted by Crippen LogP contribution is -2.42. The maximum Gasteiger partial charge on any atom is 0.435 e. The lowest BCUT2D eigenvalue weighted by atomic mass is 9.86. The number of esters is 2. The Kier molecular flexibility index (Phi) is 14.6. The summed E-state index contributed by atoms with van der Waals surface area (Å²) in [6.07, 6.45) is -9.95. The van der Waals surface area contributed by atoms with Gasteiger partial charge in [0.25, 0.3) is 5.60 Å². The molecule has 0 amide bonds. The minimum absolute atomic E-state index is 0.0182. The lowest BCUT2D eigenvalue weighted by molar-refractivity contribution is -0.275. The number of methoxy groups -OCH3 is 2. The molecule has 0 saturated heterocycles. The molecule has 7 rings (SSSR count). The molecule has 0 saturated carbocycles. The Morgan fingerprint density at radius 2 is 1.24 bits per heavy atom. The van der Waals surface area contributed by atoms with Gasteiger partial charge in [0.05, 0.1) is 43.1 Å². The minimum atomic E-state index is -4.83. The van der Waals surface area contributed by atoms with Crippen LogP contribution in [0.25, 0.3) is 27.6 Å². The topological polar surface area (TPSA) is 168 Å². The Labute approximate surface area is 376 Å². The summed E-state index contributed by atoms with van der Waals surface area (Å²) in [6, 6.07) is 13.2. The fourth-order valence-electron chi connectivity index (χ4n) is 6.06. The van der Waals surface area contributed by atoms with Crippen LogP contribution in [0.15, 0.2) is 77.6 Å². The van der Waals surface area contributed by atoms with Gasteiger partial charge in [-0.1, -0.05) is 85.3 Å². The number of alkyl halides is 6. The molecule has 3 heterocycles. The molecule has 332 valence electrons. The van der Waals surface area contributed by atoms with E-state index in [-0.39, 0.29) is 58.7 Å². The van der Waals surface area contributed by atoms with E-state index >= 15 is 0 Å². The summed E-state index contributed by atoms with van der Waals surface area (Å²) in [6.45, 7) is 2.94. The second-order valence-corrected chi connectivity index (χ2v) is 15.0. The zero-order valence-corrected chi connectivity index (χ0v) is 36.2. The molecule has 6 aromatic rings. The van der Waals surface area contributed by atoms with Crippen LogP contribution in [0.3, 0.4) is 0 Å². The summed E-state index contributed by atoms with van der Waals surface area (Å²) >= 11 is 28.7. The largest absolute Gasteiger partial charge is 0.465 e. The van der Waals surface area contributed by atoms with Gasteiger partial charge in [0.15, 0.2) is 5.17 Å². The van der Waals surface area contributed by atoms with Gasteiger partial charge >= 0.3 is 24.3 Å². The maximum absolute atomic E-state index is 14.2. The Bertz CT molecular complexity index is 2790. The number of carbonyl (C=O) groups excluding carboxylic acids is 2. The van der Waals surface area contributed by atoms with Gasteiger partial charge in [0, 0.05) is 50.9 Å². The summed E-state index contributed by atoms with van der Waals surface area (Å²) in [5, 5.41) is 31.1. The van der Waals surface area contributed by atoms with Crippen LogP contribution in [-0.2, 0) is 34.0 Å². The van der Waals surface area contributed by atoms with Crippen LogP contribution in [0.2, 0.25) is 20.1 Å². The van der Waals surface area contributed by atoms with Gasteiger partial charge in [-0.05, 0) is 66.2 Å². The smallest absolute Gasteiger partial charge is 0.435 e. The van der Waals surface area contributed by atoms with Crippen LogP contribution in [0, 0.1) is 0 Å². The molecule has 63 heavy (non-hydrogen) atoms. The number of rotatable bonds is 6. The predicted molar refractivity (Wildman–Crippen MR) is 222 cm³/mol. The molecule has 1 N–H and O–H groups in total. The number of halogens is 11. The van der Waals surface area contributed by atoms with E-state index in [1.165, 1.54) is 72.1 Å². The number of oxime groups is 2. The van der Waals surface area contributed by atoms with Crippen LogP contribution >= 0.6 is 58.0 Å². The SMILES string of the molecule is C=C(c1cc(Cl)cc(Cl)c1)C(F)(F)F.COC(=O)c1ccc(/C(Cl)=N/O)c2nnn(C)c12.COC(=O)c1ccc(C2=NOC(c3cc(Cl)cc(Cl)c3)(C(F)(F)F)C2)c2nnn(C)c12. The molecule has 14 nitrogen and oxygen atoms in total. The zero-order valence-electron chi connectivity index (χ0n) is 32.4. The second kappa shape index (κ2) is 19.0. The van der Waals surface area contributed by atoms with Gasteiger partial charge < -0.3 is 19.5 Å².